The molecule has 24 heavy (non-hydrogen) atoms. The maximum Gasteiger partial charge on any atom is 0.272 e. The number of carbonyl (C=O) groups excluding carboxylic acids is 1. The molecular formula is C19H18BrN3O. The molecule has 0 saturated heterocycles. The van der Waals surface area contributed by atoms with Crippen LogP contribution in [-0.2, 0) is 6.54 Å². The Labute approximate surface area is 149 Å². The van der Waals surface area contributed by atoms with Gasteiger partial charge >= 0.3 is 0 Å². The van der Waals surface area contributed by atoms with Crippen LogP contribution in [0.1, 0.15) is 29.3 Å². The van der Waals surface area contributed by atoms with Crippen molar-refractivity contribution in [3.05, 3.63) is 70.3 Å². The van der Waals surface area contributed by atoms with E-state index in [1.807, 2.05) is 30.3 Å². The third-order valence-corrected chi connectivity index (χ3v) is 4.46. The summed E-state index contributed by atoms with van der Waals surface area (Å²) in [6.45, 7) is 3.11. The van der Waals surface area contributed by atoms with E-state index in [0.29, 0.717) is 5.56 Å². The van der Waals surface area contributed by atoms with E-state index in [4.69, 9.17) is 0 Å². The van der Waals surface area contributed by atoms with Crippen molar-refractivity contribution in [2.45, 2.75) is 19.9 Å². The van der Waals surface area contributed by atoms with Gasteiger partial charge in [0, 0.05) is 33.7 Å². The number of rotatable bonds is 5. The van der Waals surface area contributed by atoms with Crippen molar-refractivity contribution in [3.8, 4) is 0 Å². The van der Waals surface area contributed by atoms with Gasteiger partial charge in [0.2, 0.25) is 0 Å². The minimum absolute atomic E-state index is 0.240. The first-order chi connectivity index (χ1) is 11.7. The number of hydrogen-bond donors (Lipinski definition) is 1. The second kappa shape index (κ2) is 7.45. The summed E-state index contributed by atoms with van der Waals surface area (Å²) in [4.78, 5) is 12.2. The lowest BCUT2D eigenvalue weighted by atomic mass is 10.2. The Bertz CT molecular complexity index is 899. The molecule has 1 N–H and O–H groups in total. The molecular weight excluding hydrogens is 366 g/mol. The highest BCUT2D eigenvalue weighted by Crippen LogP contribution is 2.20. The Morgan fingerprint density at radius 3 is 2.75 bits per heavy atom. The fourth-order valence-corrected chi connectivity index (χ4v) is 3.13. The van der Waals surface area contributed by atoms with Crippen molar-refractivity contribution in [3.63, 3.8) is 0 Å². The molecule has 0 aliphatic heterocycles. The normalized spacial score (nSPS) is 11.2. The highest BCUT2D eigenvalue weighted by molar-refractivity contribution is 9.10. The van der Waals surface area contributed by atoms with Gasteiger partial charge in [0.25, 0.3) is 5.91 Å². The van der Waals surface area contributed by atoms with Gasteiger partial charge in [-0.25, -0.2) is 5.43 Å². The van der Waals surface area contributed by atoms with Crippen LogP contribution in [0.3, 0.4) is 0 Å². The molecule has 0 atom stereocenters. The Morgan fingerprint density at radius 2 is 1.96 bits per heavy atom. The second-order valence-electron chi connectivity index (χ2n) is 5.47. The number of benzene rings is 2. The molecule has 0 aliphatic rings. The van der Waals surface area contributed by atoms with E-state index in [-0.39, 0.29) is 5.91 Å². The zero-order chi connectivity index (χ0) is 16.9. The topological polar surface area (TPSA) is 46.4 Å². The number of hydrazone groups is 1. The van der Waals surface area contributed by atoms with Crippen molar-refractivity contribution in [2.24, 2.45) is 5.10 Å². The molecule has 0 bridgehead atoms. The van der Waals surface area contributed by atoms with Gasteiger partial charge in [-0.2, -0.15) is 5.10 Å². The number of amides is 1. The average molecular weight is 384 g/mol. The van der Waals surface area contributed by atoms with Gasteiger partial charge in [-0.1, -0.05) is 37.3 Å². The molecule has 3 rings (SSSR count). The maximum absolute atomic E-state index is 12.2. The summed E-state index contributed by atoms with van der Waals surface area (Å²) in [5.41, 5.74) is 5.31. The largest absolute Gasteiger partial charge is 0.347 e. The summed E-state index contributed by atoms with van der Waals surface area (Å²) in [5, 5.41) is 5.25. The van der Waals surface area contributed by atoms with Crippen molar-refractivity contribution in [1.82, 2.24) is 9.99 Å². The number of aryl methyl sites for hydroxylation is 1. The number of nitrogens with zero attached hydrogens (tertiary/aromatic N) is 2. The van der Waals surface area contributed by atoms with Crippen molar-refractivity contribution in [2.75, 3.05) is 0 Å². The first kappa shape index (κ1) is 16.5. The average Bonchev–Trinajstić information content (AvgIpc) is 2.94. The molecule has 1 heterocycles. The fourth-order valence-electron chi connectivity index (χ4n) is 2.67. The first-order valence-electron chi connectivity index (χ1n) is 7.86. The van der Waals surface area contributed by atoms with Crippen LogP contribution in [0.15, 0.2) is 64.3 Å². The smallest absolute Gasteiger partial charge is 0.272 e. The Hall–Kier alpha value is -2.40. The number of fused-ring (bicyclic) bond motifs is 1. The van der Waals surface area contributed by atoms with Gasteiger partial charge < -0.3 is 4.57 Å². The van der Waals surface area contributed by atoms with Crippen LogP contribution in [0, 0.1) is 0 Å². The number of halogens is 1. The molecule has 2 aromatic carbocycles. The third kappa shape index (κ3) is 3.41. The predicted octanol–water partition coefficient (Wildman–Crippen LogP) is 4.58. The highest BCUT2D eigenvalue weighted by Gasteiger charge is 2.08. The monoisotopic (exact) mass is 383 g/mol. The number of para-hydroxylation sites is 1. The van der Waals surface area contributed by atoms with Crippen molar-refractivity contribution >= 4 is 39.0 Å². The van der Waals surface area contributed by atoms with Crippen LogP contribution in [0.5, 0.6) is 0 Å². The van der Waals surface area contributed by atoms with Crippen LogP contribution >= 0.6 is 15.9 Å². The van der Waals surface area contributed by atoms with Gasteiger partial charge in [-0.15, -0.1) is 0 Å². The van der Waals surface area contributed by atoms with Crippen LogP contribution in [0.4, 0.5) is 0 Å². The Balaban J connectivity index is 1.81. The van der Waals surface area contributed by atoms with E-state index in [1.54, 1.807) is 12.3 Å². The molecule has 0 unspecified atom stereocenters. The van der Waals surface area contributed by atoms with E-state index >= 15 is 0 Å². The lowest BCUT2D eigenvalue weighted by molar-refractivity contribution is 0.0954. The highest BCUT2D eigenvalue weighted by atomic mass is 79.9. The first-order valence-corrected chi connectivity index (χ1v) is 8.66. The number of aromatic nitrogens is 1. The van der Waals surface area contributed by atoms with E-state index in [9.17, 15) is 4.79 Å². The molecule has 5 heteroatoms. The third-order valence-electron chi connectivity index (χ3n) is 3.77. The summed E-state index contributed by atoms with van der Waals surface area (Å²) in [6, 6.07) is 15.5. The summed E-state index contributed by atoms with van der Waals surface area (Å²) in [5.74, 6) is -0.240. The predicted molar refractivity (Wildman–Crippen MR) is 101 cm³/mol. The lowest BCUT2D eigenvalue weighted by Crippen LogP contribution is -2.18. The SMILES string of the molecule is CCCn1cc(/C=N\NC(=O)c2ccccc2Br)c2ccccc21. The standard InChI is InChI=1S/C19H18BrN3O/c1-2-11-23-13-14(15-7-4-6-10-18(15)23)12-21-22-19(24)16-8-3-5-9-17(16)20/h3-10,12-13H,2,11H2,1H3,(H,22,24)/b21-12-. The van der Waals surface area contributed by atoms with E-state index in [2.05, 4.69) is 56.3 Å². The Morgan fingerprint density at radius 1 is 1.21 bits per heavy atom. The van der Waals surface area contributed by atoms with Crippen LogP contribution in [0.25, 0.3) is 10.9 Å². The van der Waals surface area contributed by atoms with Gasteiger partial charge in [0.05, 0.1) is 11.8 Å². The number of hydrogen-bond acceptors (Lipinski definition) is 2. The molecule has 0 radical (unpaired) electrons. The molecule has 1 aromatic heterocycles. The molecule has 1 amide bonds. The minimum Gasteiger partial charge on any atom is -0.347 e. The number of nitrogens with one attached hydrogen (secondary N) is 1. The van der Waals surface area contributed by atoms with Crippen LogP contribution in [-0.4, -0.2) is 16.7 Å². The summed E-state index contributed by atoms with van der Waals surface area (Å²) < 4.78 is 2.96. The lowest BCUT2D eigenvalue weighted by Gasteiger charge is -2.01. The van der Waals surface area contributed by atoms with E-state index in [1.165, 1.54) is 5.52 Å². The molecule has 4 nitrogen and oxygen atoms in total. The zero-order valence-corrected chi connectivity index (χ0v) is 15.0. The van der Waals surface area contributed by atoms with Crippen LogP contribution < -0.4 is 5.43 Å². The van der Waals surface area contributed by atoms with Gasteiger partial charge in [0.15, 0.2) is 0 Å². The minimum atomic E-state index is -0.240. The van der Waals surface area contributed by atoms with Gasteiger partial charge in [-0.05, 0) is 40.5 Å². The van der Waals surface area contributed by atoms with Crippen LogP contribution in [0.2, 0.25) is 0 Å². The zero-order valence-electron chi connectivity index (χ0n) is 13.4. The molecule has 3 aromatic rings. The van der Waals surface area contributed by atoms with Gasteiger partial charge in [-0.3, -0.25) is 4.79 Å². The molecule has 0 fully saturated rings. The molecule has 122 valence electrons. The maximum atomic E-state index is 12.2. The quantitative estimate of drug-likeness (QED) is 0.508. The van der Waals surface area contributed by atoms with Crippen molar-refractivity contribution < 1.29 is 4.79 Å². The Kier molecular flexibility index (Phi) is 5.11. The fraction of sp³-hybridized carbons (Fsp3) is 0.158. The summed E-state index contributed by atoms with van der Waals surface area (Å²) in [6.07, 6.45) is 4.83. The number of carbonyl (C=O) groups is 1. The molecule has 0 saturated carbocycles. The van der Waals surface area contributed by atoms with E-state index in [0.717, 1.165) is 28.4 Å². The van der Waals surface area contributed by atoms with E-state index < -0.39 is 0 Å². The molecule has 0 aliphatic carbocycles. The molecule has 0 spiro atoms. The summed E-state index contributed by atoms with van der Waals surface area (Å²) in [7, 11) is 0. The van der Waals surface area contributed by atoms with Gasteiger partial charge in [0.1, 0.15) is 0 Å². The van der Waals surface area contributed by atoms with Crippen molar-refractivity contribution in [1.29, 1.82) is 0 Å². The summed E-state index contributed by atoms with van der Waals surface area (Å²) >= 11 is 3.37. The second-order valence-corrected chi connectivity index (χ2v) is 6.33.